The number of rotatable bonds is 2. The Bertz CT molecular complexity index is 485. The fraction of sp³-hybridized carbons (Fsp3) is 0.385. The fourth-order valence-corrected chi connectivity index (χ4v) is 2.27. The first-order valence-corrected chi connectivity index (χ1v) is 5.93. The lowest BCUT2D eigenvalue weighted by Crippen LogP contribution is -2.54. The van der Waals surface area contributed by atoms with Crippen molar-refractivity contribution in [2.45, 2.75) is 32.0 Å². The van der Waals surface area contributed by atoms with Gasteiger partial charge in [0.2, 0.25) is 11.8 Å². The van der Waals surface area contributed by atoms with Gasteiger partial charge in [-0.3, -0.25) is 9.59 Å². The number of nitrogens with zero attached hydrogens (tertiary/aromatic N) is 1. The zero-order valence-electron chi connectivity index (χ0n) is 10.3. The van der Waals surface area contributed by atoms with Crippen LogP contribution in [0.15, 0.2) is 24.3 Å². The SMILES string of the molecule is C[C@@H](N)C(=O)N1Cc2ccccc2C[C@H]1C(N)=O. The Morgan fingerprint density at radius 2 is 1.94 bits per heavy atom. The fourth-order valence-electron chi connectivity index (χ4n) is 2.27. The van der Waals surface area contributed by atoms with Gasteiger partial charge < -0.3 is 16.4 Å². The van der Waals surface area contributed by atoms with E-state index in [4.69, 9.17) is 11.5 Å². The van der Waals surface area contributed by atoms with E-state index in [-0.39, 0.29) is 5.91 Å². The van der Waals surface area contributed by atoms with Crippen molar-refractivity contribution in [2.75, 3.05) is 0 Å². The van der Waals surface area contributed by atoms with Crippen LogP contribution < -0.4 is 11.5 Å². The first-order valence-electron chi connectivity index (χ1n) is 5.93. The molecule has 0 saturated heterocycles. The van der Waals surface area contributed by atoms with E-state index < -0.39 is 18.0 Å². The molecule has 0 spiro atoms. The Balaban J connectivity index is 2.34. The number of carbonyl (C=O) groups excluding carboxylic acids is 2. The number of nitrogens with two attached hydrogens (primary N) is 2. The topological polar surface area (TPSA) is 89.4 Å². The maximum atomic E-state index is 12.0. The number of hydrogen-bond donors (Lipinski definition) is 2. The zero-order valence-corrected chi connectivity index (χ0v) is 10.3. The number of hydrogen-bond acceptors (Lipinski definition) is 3. The molecule has 0 fully saturated rings. The Hall–Kier alpha value is -1.88. The van der Waals surface area contributed by atoms with Crippen LogP contribution in [-0.2, 0) is 22.6 Å². The van der Waals surface area contributed by atoms with Crippen molar-refractivity contribution in [2.24, 2.45) is 11.5 Å². The second-order valence-corrected chi connectivity index (χ2v) is 4.65. The highest BCUT2D eigenvalue weighted by Crippen LogP contribution is 2.23. The highest BCUT2D eigenvalue weighted by Gasteiger charge is 2.34. The van der Waals surface area contributed by atoms with Crippen molar-refractivity contribution in [3.05, 3.63) is 35.4 Å². The molecular weight excluding hydrogens is 230 g/mol. The highest BCUT2D eigenvalue weighted by molar-refractivity contribution is 5.89. The second kappa shape index (κ2) is 4.78. The van der Waals surface area contributed by atoms with E-state index in [1.807, 2.05) is 24.3 Å². The van der Waals surface area contributed by atoms with E-state index in [0.717, 1.165) is 11.1 Å². The van der Waals surface area contributed by atoms with E-state index in [2.05, 4.69) is 0 Å². The maximum Gasteiger partial charge on any atom is 0.240 e. The number of benzene rings is 1. The van der Waals surface area contributed by atoms with Gasteiger partial charge in [0.05, 0.1) is 6.04 Å². The third-order valence-corrected chi connectivity index (χ3v) is 3.25. The lowest BCUT2D eigenvalue weighted by Gasteiger charge is -2.36. The highest BCUT2D eigenvalue weighted by atomic mass is 16.2. The van der Waals surface area contributed by atoms with Gasteiger partial charge in [-0.15, -0.1) is 0 Å². The molecule has 18 heavy (non-hydrogen) atoms. The molecule has 0 aromatic heterocycles. The minimum atomic E-state index is -0.628. The van der Waals surface area contributed by atoms with E-state index in [9.17, 15) is 9.59 Å². The molecule has 1 aromatic rings. The Morgan fingerprint density at radius 3 is 2.50 bits per heavy atom. The summed E-state index contributed by atoms with van der Waals surface area (Å²) in [5.74, 6) is -0.730. The molecule has 5 heteroatoms. The summed E-state index contributed by atoms with van der Waals surface area (Å²) in [5, 5.41) is 0. The summed E-state index contributed by atoms with van der Waals surface area (Å²) in [6, 6.07) is 6.51. The van der Waals surface area contributed by atoms with E-state index in [1.54, 1.807) is 6.92 Å². The van der Waals surface area contributed by atoms with Crippen LogP contribution in [0.25, 0.3) is 0 Å². The van der Waals surface area contributed by atoms with Crippen LogP contribution in [0, 0.1) is 0 Å². The first kappa shape index (κ1) is 12.6. The van der Waals surface area contributed by atoms with Crippen molar-refractivity contribution in [3.8, 4) is 0 Å². The standard InChI is InChI=1S/C13H17N3O2/c1-8(14)13(18)16-7-10-5-3-2-4-9(10)6-11(16)12(15)17/h2-5,8,11H,6-7,14H2,1H3,(H2,15,17)/t8-,11+/m1/s1. The van der Waals surface area contributed by atoms with E-state index in [1.165, 1.54) is 4.90 Å². The second-order valence-electron chi connectivity index (χ2n) is 4.65. The number of carbonyl (C=O) groups is 2. The maximum absolute atomic E-state index is 12.0. The molecule has 0 bridgehead atoms. The van der Waals surface area contributed by atoms with Crippen LogP contribution >= 0.6 is 0 Å². The number of primary amides is 1. The van der Waals surface area contributed by atoms with Gasteiger partial charge in [0.15, 0.2) is 0 Å². The summed E-state index contributed by atoms with van der Waals surface area (Å²) in [4.78, 5) is 25.0. The lowest BCUT2D eigenvalue weighted by atomic mass is 9.93. The summed E-state index contributed by atoms with van der Waals surface area (Å²) < 4.78 is 0. The number of amides is 2. The monoisotopic (exact) mass is 247 g/mol. The van der Waals surface area contributed by atoms with Crippen molar-refractivity contribution in [1.29, 1.82) is 0 Å². The molecular formula is C13H17N3O2. The van der Waals surface area contributed by atoms with Gasteiger partial charge >= 0.3 is 0 Å². The van der Waals surface area contributed by atoms with Crippen LogP contribution in [-0.4, -0.2) is 28.8 Å². The average Bonchev–Trinajstić information content (AvgIpc) is 2.36. The Labute approximate surface area is 106 Å². The normalized spacial score (nSPS) is 20.1. The van der Waals surface area contributed by atoms with Crippen molar-refractivity contribution in [3.63, 3.8) is 0 Å². The summed E-state index contributed by atoms with van der Waals surface area (Å²) >= 11 is 0. The largest absolute Gasteiger partial charge is 0.368 e. The van der Waals surface area contributed by atoms with Crippen LogP contribution in [0.1, 0.15) is 18.1 Å². The quantitative estimate of drug-likeness (QED) is 0.756. The minimum absolute atomic E-state index is 0.242. The predicted octanol–water partition coefficient (Wildman–Crippen LogP) is -0.228. The van der Waals surface area contributed by atoms with Crippen LogP contribution in [0.3, 0.4) is 0 Å². The van der Waals surface area contributed by atoms with Crippen molar-refractivity contribution < 1.29 is 9.59 Å². The molecule has 5 nitrogen and oxygen atoms in total. The molecule has 1 aliphatic rings. The predicted molar refractivity (Wildman–Crippen MR) is 67.3 cm³/mol. The number of fused-ring (bicyclic) bond motifs is 1. The molecule has 0 saturated carbocycles. The molecule has 2 rings (SSSR count). The molecule has 0 radical (unpaired) electrons. The van der Waals surface area contributed by atoms with Crippen molar-refractivity contribution in [1.82, 2.24) is 4.90 Å². The third kappa shape index (κ3) is 2.22. The third-order valence-electron chi connectivity index (χ3n) is 3.25. The molecule has 96 valence electrons. The molecule has 0 unspecified atom stereocenters. The van der Waals surface area contributed by atoms with Gasteiger partial charge in [0, 0.05) is 13.0 Å². The summed E-state index contributed by atoms with van der Waals surface area (Å²) in [6.45, 7) is 2.01. The Morgan fingerprint density at radius 1 is 1.33 bits per heavy atom. The van der Waals surface area contributed by atoms with Gasteiger partial charge in [-0.1, -0.05) is 24.3 Å². The van der Waals surface area contributed by atoms with E-state index >= 15 is 0 Å². The molecule has 2 amide bonds. The smallest absolute Gasteiger partial charge is 0.240 e. The summed E-state index contributed by atoms with van der Waals surface area (Å²) in [7, 11) is 0. The lowest BCUT2D eigenvalue weighted by molar-refractivity contribution is -0.141. The van der Waals surface area contributed by atoms with Gasteiger partial charge in [-0.2, -0.15) is 0 Å². The minimum Gasteiger partial charge on any atom is -0.368 e. The van der Waals surface area contributed by atoms with Crippen LogP contribution in [0.4, 0.5) is 0 Å². The van der Waals surface area contributed by atoms with Crippen LogP contribution in [0.5, 0.6) is 0 Å². The molecule has 0 aliphatic carbocycles. The molecule has 4 N–H and O–H groups in total. The summed E-state index contributed by atoms with van der Waals surface area (Å²) in [6.07, 6.45) is 0.462. The summed E-state index contributed by atoms with van der Waals surface area (Å²) in [5.41, 5.74) is 13.1. The van der Waals surface area contributed by atoms with Crippen LogP contribution in [0.2, 0.25) is 0 Å². The van der Waals surface area contributed by atoms with Gasteiger partial charge in [0.25, 0.3) is 0 Å². The first-order chi connectivity index (χ1) is 8.50. The zero-order chi connectivity index (χ0) is 13.3. The van der Waals surface area contributed by atoms with Gasteiger partial charge in [0.1, 0.15) is 6.04 Å². The van der Waals surface area contributed by atoms with Gasteiger partial charge in [-0.25, -0.2) is 0 Å². The van der Waals surface area contributed by atoms with E-state index in [0.29, 0.717) is 13.0 Å². The molecule has 1 aromatic carbocycles. The Kier molecular flexibility index (Phi) is 3.34. The van der Waals surface area contributed by atoms with Crippen molar-refractivity contribution >= 4 is 11.8 Å². The molecule has 1 heterocycles. The molecule has 1 aliphatic heterocycles. The average molecular weight is 247 g/mol. The molecule has 2 atom stereocenters. The van der Waals surface area contributed by atoms with Gasteiger partial charge in [-0.05, 0) is 18.1 Å².